The Balaban J connectivity index is 1.41. The van der Waals surface area contributed by atoms with Crippen LogP contribution in [0.4, 0.5) is 9.59 Å². The number of aryl methyl sites for hydroxylation is 2. The summed E-state index contributed by atoms with van der Waals surface area (Å²) in [6, 6.07) is 3.51. The number of imide groups is 1. The molecular formula is C31H45N3O12S. The van der Waals surface area contributed by atoms with Crippen LogP contribution in [-0.4, -0.2) is 112 Å². The van der Waals surface area contributed by atoms with Gasteiger partial charge in [-0.15, -0.1) is 0 Å². The first-order valence-corrected chi connectivity index (χ1v) is 16.6. The zero-order chi connectivity index (χ0) is 34.6. The minimum Gasteiger partial charge on any atom is -0.461 e. The third-order valence-corrected chi connectivity index (χ3v) is 7.58. The molecule has 47 heavy (non-hydrogen) atoms. The van der Waals surface area contributed by atoms with Crippen LogP contribution in [0, 0.1) is 13.8 Å². The minimum atomic E-state index is -0.754. The summed E-state index contributed by atoms with van der Waals surface area (Å²) in [6.45, 7) is 6.49. The second kappa shape index (κ2) is 21.8. The predicted molar refractivity (Wildman–Crippen MR) is 170 cm³/mol. The SMILES string of the molecule is CSC1CC(=O)N(CCOCCOCCNC(=O)OCCCCCOC(=O)NCC(=O)Oc2c(C)cc(COC(C)=O)cc2C)C1=O. The Morgan fingerprint density at radius 1 is 0.851 bits per heavy atom. The average Bonchev–Trinajstić information content (AvgIpc) is 3.30. The molecule has 1 saturated heterocycles. The number of carbonyl (C=O) groups is 6. The van der Waals surface area contributed by atoms with Crippen molar-refractivity contribution >= 4 is 47.7 Å². The van der Waals surface area contributed by atoms with Crippen molar-refractivity contribution in [3.8, 4) is 5.75 Å². The van der Waals surface area contributed by atoms with Crippen LogP contribution in [0.2, 0.25) is 0 Å². The lowest BCUT2D eigenvalue weighted by atomic mass is 10.1. The van der Waals surface area contributed by atoms with E-state index >= 15 is 0 Å². The van der Waals surface area contributed by atoms with Crippen LogP contribution in [0.3, 0.4) is 0 Å². The van der Waals surface area contributed by atoms with Gasteiger partial charge in [-0.05, 0) is 68.2 Å². The number of amides is 4. The lowest BCUT2D eigenvalue weighted by Crippen LogP contribution is -2.34. The molecule has 0 aliphatic carbocycles. The molecule has 2 N–H and O–H groups in total. The molecule has 0 radical (unpaired) electrons. The van der Waals surface area contributed by atoms with Crippen molar-refractivity contribution in [2.24, 2.45) is 0 Å². The highest BCUT2D eigenvalue weighted by atomic mass is 32.2. The number of esters is 2. The Hall–Kier alpha value is -3.89. The minimum absolute atomic E-state index is 0.119. The van der Waals surface area contributed by atoms with Crippen molar-refractivity contribution < 1.29 is 57.2 Å². The molecule has 1 fully saturated rings. The van der Waals surface area contributed by atoms with Gasteiger partial charge >= 0.3 is 24.1 Å². The lowest BCUT2D eigenvalue weighted by Gasteiger charge is -2.14. The molecule has 1 unspecified atom stereocenters. The molecule has 15 nitrogen and oxygen atoms in total. The van der Waals surface area contributed by atoms with E-state index in [4.69, 9.17) is 28.4 Å². The molecule has 1 aliphatic rings. The van der Waals surface area contributed by atoms with Crippen LogP contribution in [0.5, 0.6) is 5.75 Å². The van der Waals surface area contributed by atoms with Crippen LogP contribution in [0.25, 0.3) is 0 Å². The highest BCUT2D eigenvalue weighted by molar-refractivity contribution is 8.00. The van der Waals surface area contributed by atoms with Gasteiger partial charge in [-0.1, -0.05) is 0 Å². The summed E-state index contributed by atoms with van der Waals surface area (Å²) in [7, 11) is 0. The first-order valence-electron chi connectivity index (χ1n) is 15.3. The number of thioether (sulfide) groups is 1. The predicted octanol–water partition coefficient (Wildman–Crippen LogP) is 2.42. The van der Waals surface area contributed by atoms with Crippen LogP contribution in [0.1, 0.15) is 49.3 Å². The van der Waals surface area contributed by atoms with Gasteiger partial charge in [0.25, 0.3) is 0 Å². The van der Waals surface area contributed by atoms with E-state index in [0.29, 0.717) is 49.4 Å². The van der Waals surface area contributed by atoms with Crippen molar-refractivity contribution in [3.05, 3.63) is 28.8 Å². The Morgan fingerprint density at radius 2 is 1.47 bits per heavy atom. The molecular weight excluding hydrogens is 638 g/mol. The third-order valence-electron chi connectivity index (χ3n) is 6.64. The summed E-state index contributed by atoms with van der Waals surface area (Å²) in [4.78, 5) is 72.0. The molecule has 1 atom stereocenters. The van der Waals surface area contributed by atoms with E-state index in [2.05, 4.69) is 10.6 Å². The van der Waals surface area contributed by atoms with E-state index in [1.54, 1.807) is 32.2 Å². The van der Waals surface area contributed by atoms with E-state index < -0.39 is 24.1 Å². The average molecular weight is 684 g/mol. The standard InChI is InChI=1S/C31H45N3O12S/c1-21-16-24(20-45-23(3)35)17-22(2)28(21)46-27(37)19-33-31(40)44-11-7-5-6-10-43-30(39)32-8-12-41-14-15-42-13-9-34-26(36)18-25(47-4)29(34)38/h16-17,25H,5-15,18-20H2,1-4H3,(H,32,39)(H,33,40). The van der Waals surface area contributed by atoms with Gasteiger partial charge in [0.1, 0.15) is 18.9 Å². The van der Waals surface area contributed by atoms with Crippen molar-refractivity contribution in [2.45, 2.75) is 58.3 Å². The van der Waals surface area contributed by atoms with E-state index in [0.717, 1.165) is 5.56 Å². The molecule has 0 aromatic heterocycles. The highest BCUT2D eigenvalue weighted by Crippen LogP contribution is 2.25. The fourth-order valence-corrected chi connectivity index (χ4v) is 4.99. The number of rotatable bonds is 21. The Labute approximate surface area is 278 Å². The van der Waals surface area contributed by atoms with Gasteiger partial charge in [0, 0.05) is 19.9 Å². The highest BCUT2D eigenvalue weighted by Gasteiger charge is 2.37. The molecule has 0 saturated carbocycles. The maximum atomic E-state index is 12.2. The van der Waals surface area contributed by atoms with Crippen LogP contribution in [-0.2, 0) is 49.5 Å². The number of benzene rings is 1. The van der Waals surface area contributed by atoms with Crippen LogP contribution >= 0.6 is 11.8 Å². The van der Waals surface area contributed by atoms with Crippen molar-refractivity contribution in [1.82, 2.24) is 15.5 Å². The Morgan fingerprint density at radius 3 is 2.06 bits per heavy atom. The Bertz CT molecular complexity index is 1210. The van der Waals surface area contributed by atoms with E-state index in [9.17, 15) is 28.8 Å². The van der Waals surface area contributed by atoms with E-state index in [-0.39, 0.29) is 76.2 Å². The summed E-state index contributed by atoms with van der Waals surface area (Å²) < 4.78 is 31.3. The second-order valence-corrected chi connectivity index (χ2v) is 11.5. The maximum Gasteiger partial charge on any atom is 0.407 e. The van der Waals surface area contributed by atoms with Crippen molar-refractivity contribution in [2.75, 3.05) is 65.5 Å². The number of alkyl carbamates (subject to hydrolysis) is 2. The topological polar surface area (TPSA) is 185 Å². The lowest BCUT2D eigenvalue weighted by molar-refractivity contribution is -0.142. The van der Waals surface area contributed by atoms with Crippen molar-refractivity contribution in [1.29, 1.82) is 0 Å². The molecule has 2 rings (SSSR count). The summed E-state index contributed by atoms with van der Waals surface area (Å²) >= 11 is 1.37. The maximum absolute atomic E-state index is 12.2. The number of hydrogen-bond donors (Lipinski definition) is 2. The number of nitrogens with zero attached hydrogens (tertiary/aromatic N) is 1. The second-order valence-electron chi connectivity index (χ2n) is 10.5. The van der Waals surface area contributed by atoms with Gasteiger partial charge < -0.3 is 39.1 Å². The number of ether oxygens (including phenoxy) is 6. The smallest absolute Gasteiger partial charge is 0.407 e. The summed E-state index contributed by atoms with van der Waals surface area (Å²) in [5.41, 5.74) is 2.14. The molecule has 16 heteroatoms. The van der Waals surface area contributed by atoms with Gasteiger partial charge in [-0.3, -0.25) is 19.3 Å². The number of likely N-dealkylation sites (tertiary alicyclic amines) is 1. The number of hydrogen-bond acceptors (Lipinski definition) is 13. The fraction of sp³-hybridized carbons (Fsp3) is 0.613. The quantitative estimate of drug-likeness (QED) is 0.0634. The molecule has 0 spiro atoms. The summed E-state index contributed by atoms with van der Waals surface area (Å²) in [5, 5.41) is 4.62. The van der Waals surface area contributed by atoms with Gasteiger partial charge in [0.2, 0.25) is 11.8 Å². The molecule has 1 aromatic carbocycles. The van der Waals surface area contributed by atoms with Crippen LogP contribution < -0.4 is 15.4 Å². The summed E-state index contributed by atoms with van der Waals surface area (Å²) in [5.74, 6) is -1.03. The first kappa shape index (κ1) is 39.3. The molecule has 1 aliphatic heterocycles. The number of unbranched alkanes of at least 4 members (excludes halogenated alkanes) is 2. The monoisotopic (exact) mass is 683 g/mol. The van der Waals surface area contributed by atoms with Crippen molar-refractivity contribution in [3.63, 3.8) is 0 Å². The number of carbonyl (C=O) groups excluding carboxylic acids is 6. The van der Waals surface area contributed by atoms with Gasteiger partial charge in [0.05, 0.1) is 51.4 Å². The molecule has 1 aromatic rings. The molecule has 4 amide bonds. The van der Waals surface area contributed by atoms with E-state index in [1.165, 1.54) is 23.6 Å². The Kier molecular flexibility index (Phi) is 18.2. The number of nitrogens with one attached hydrogen (secondary N) is 2. The molecule has 0 bridgehead atoms. The van der Waals surface area contributed by atoms with E-state index in [1.807, 2.05) is 0 Å². The fourth-order valence-electron chi connectivity index (χ4n) is 4.35. The zero-order valence-corrected chi connectivity index (χ0v) is 28.2. The van der Waals surface area contributed by atoms with Crippen LogP contribution in [0.15, 0.2) is 12.1 Å². The van der Waals surface area contributed by atoms with Gasteiger partial charge in [-0.25, -0.2) is 14.4 Å². The van der Waals surface area contributed by atoms with Gasteiger partial charge in [0.15, 0.2) is 0 Å². The normalized spacial score (nSPS) is 14.1. The van der Waals surface area contributed by atoms with Gasteiger partial charge in [-0.2, -0.15) is 11.8 Å². The molecule has 262 valence electrons. The summed E-state index contributed by atoms with van der Waals surface area (Å²) in [6.07, 6.45) is 2.48. The first-order chi connectivity index (χ1) is 22.5. The molecule has 1 heterocycles. The third kappa shape index (κ3) is 15.5. The largest absolute Gasteiger partial charge is 0.461 e. The zero-order valence-electron chi connectivity index (χ0n) is 27.4.